The predicted molar refractivity (Wildman–Crippen MR) is 74.4 cm³/mol. The predicted octanol–water partition coefficient (Wildman–Crippen LogP) is 1.49. The van der Waals surface area contributed by atoms with Crippen LogP contribution in [0.1, 0.15) is 23.3 Å². The molecular weight excluding hydrogens is 263 g/mol. The van der Waals surface area contributed by atoms with Crippen molar-refractivity contribution >= 4 is 11.5 Å². The topological polar surface area (TPSA) is 77.8 Å². The van der Waals surface area contributed by atoms with E-state index in [0.29, 0.717) is 24.2 Å². The van der Waals surface area contributed by atoms with Crippen LogP contribution >= 0.6 is 11.5 Å². The van der Waals surface area contributed by atoms with Gasteiger partial charge in [-0.3, -0.25) is 0 Å². The highest BCUT2D eigenvalue weighted by molar-refractivity contribution is 7.05. The van der Waals surface area contributed by atoms with Gasteiger partial charge in [-0.25, -0.2) is 9.37 Å². The molecule has 0 amide bonds. The van der Waals surface area contributed by atoms with E-state index in [9.17, 15) is 4.39 Å². The Balaban J connectivity index is 2.04. The number of nitrogens with two attached hydrogens (primary N) is 2. The first kappa shape index (κ1) is 14.0. The number of halogens is 1. The standard InChI is InChI=1S/C13H17FN4S/c1-8(15)11(16)7-13-17-12(18-19-13)6-9-4-2-3-5-10(9)14/h2-5,8,11H,6-7,15-16H2,1H3. The van der Waals surface area contributed by atoms with Crippen molar-refractivity contribution in [3.8, 4) is 0 Å². The third-order valence-electron chi connectivity index (χ3n) is 2.90. The Morgan fingerprint density at radius 1 is 1.32 bits per heavy atom. The maximum atomic E-state index is 13.5. The lowest BCUT2D eigenvalue weighted by Gasteiger charge is -2.12. The molecule has 6 heteroatoms. The van der Waals surface area contributed by atoms with Crippen LogP contribution in [-0.2, 0) is 12.8 Å². The summed E-state index contributed by atoms with van der Waals surface area (Å²) in [7, 11) is 0. The van der Waals surface area contributed by atoms with Gasteiger partial charge < -0.3 is 11.5 Å². The zero-order valence-corrected chi connectivity index (χ0v) is 11.5. The molecule has 0 saturated heterocycles. The summed E-state index contributed by atoms with van der Waals surface area (Å²) in [6.07, 6.45) is 1.00. The van der Waals surface area contributed by atoms with Crippen molar-refractivity contribution in [3.63, 3.8) is 0 Å². The first-order valence-corrected chi connectivity index (χ1v) is 6.89. The van der Waals surface area contributed by atoms with E-state index in [-0.39, 0.29) is 17.9 Å². The van der Waals surface area contributed by atoms with Crippen LogP contribution in [0.5, 0.6) is 0 Å². The van der Waals surface area contributed by atoms with Gasteiger partial charge in [-0.1, -0.05) is 18.2 Å². The Bertz CT molecular complexity index is 541. The summed E-state index contributed by atoms with van der Waals surface area (Å²) in [5.41, 5.74) is 12.2. The van der Waals surface area contributed by atoms with Crippen LogP contribution < -0.4 is 11.5 Å². The highest BCUT2D eigenvalue weighted by atomic mass is 32.1. The molecule has 19 heavy (non-hydrogen) atoms. The van der Waals surface area contributed by atoms with Gasteiger partial charge in [-0.15, -0.1) is 0 Å². The molecule has 2 rings (SSSR count). The quantitative estimate of drug-likeness (QED) is 0.869. The third kappa shape index (κ3) is 3.79. The normalized spacial score (nSPS) is 14.3. The molecule has 4 N–H and O–H groups in total. The lowest BCUT2D eigenvalue weighted by atomic mass is 10.1. The van der Waals surface area contributed by atoms with Crippen molar-refractivity contribution in [2.45, 2.75) is 31.8 Å². The summed E-state index contributed by atoms with van der Waals surface area (Å²) in [5, 5.41) is 0.844. The highest BCUT2D eigenvalue weighted by Gasteiger charge is 2.13. The second-order valence-corrected chi connectivity index (χ2v) is 5.44. The SMILES string of the molecule is CC(N)C(N)Cc1nc(Cc2ccccc2F)ns1. The van der Waals surface area contributed by atoms with Gasteiger partial charge in [-0.05, 0) is 30.1 Å². The van der Waals surface area contributed by atoms with Gasteiger partial charge in [0.2, 0.25) is 0 Å². The zero-order chi connectivity index (χ0) is 13.8. The van der Waals surface area contributed by atoms with Gasteiger partial charge in [-0.2, -0.15) is 4.37 Å². The Labute approximate surface area is 115 Å². The van der Waals surface area contributed by atoms with Gasteiger partial charge in [0.25, 0.3) is 0 Å². The summed E-state index contributed by atoms with van der Waals surface area (Å²) in [6, 6.07) is 6.43. The van der Waals surface area contributed by atoms with Gasteiger partial charge in [0, 0.05) is 24.9 Å². The van der Waals surface area contributed by atoms with E-state index in [1.807, 2.05) is 6.92 Å². The molecule has 1 heterocycles. The van der Waals surface area contributed by atoms with Crippen LogP contribution in [0.4, 0.5) is 4.39 Å². The molecule has 2 aromatic rings. The number of nitrogens with zero attached hydrogens (tertiary/aromatic N) is 2. The molecule has 0 aliphatic carbocycles. The lowest BCUT2D eigenvalue weighted by molar-refractivity contribution is 0.555. The lowest BCUT2D eigenvalue weighted by Crippen LogP contribution is -2.40. The Morgan fingerprint density at radius 2 is 2.05 bits per heavy atom. The number of hydrogen-bond donors (Lipinski definition) is 2. The first-order chi connectivity index (χ1) is 9.06. The Morgan fingerprint density at radius 3 is 2.74 bits per heavy atom. The summed E-state index contributed by atoms with van der Waals surface area (Å²) in [5.74, 6) is 0.396. The summed E-state index contributed by atoms with van der Waals surface area (Å²) in [6.45, 7) is 1.87. The van der Waals surface area contributed by atoms with Crippen LogP contribution in [0.2, 0.25) is 0 Å². The van der Waals surface area contributed by atoms with E-state index in [2.05, 4.69) is 9.36 Å². The minimum absolute atomic E-state index is 0.0843. The fraction of sp³-hybridized carbons (Fsp3) is 0.385. The fourth-order valence-corrected chi connectivity index (χ4v) is 2.37. The fourth-order valence-electron chi connectivity index (χ4n) is 1.64. The van der Waals surface area contributed by atoms with E-state index in [4.69, 9.17) is 11.5 Å². The van der Waals surface area contributed by atoms with Crippen molar-refractivity contribution in [3.05, 3.63) is 46.5 Å². The van der Waals surface area contributed by atoms with Crippen molar-refractivity contribution < 1.29 is 4.39 Å². The number of rotatable bonds is 5. The Hall–Kier alpha value is -1.37. The van der Waals surface area contributed by atoms with Crippen LogP contribution in [0, 0.1) is 5.82 Å². The number of hydrogen-bond acceptors (Lipinski definition) is 5. The van der Waals surface area contributed by atoms with Gasteiger partial charge in [0.1, 0.15) is 16.6 Å². The molecular formula is C13H17FN4S. The maximum Gasteiger partial charge on any atom is 0.147 e. The van der Waals surface area contributed by atoms with Crippen LogP contribution in [0.15, 0.2) is 24.3 Å². The summed E-state index contributed by atoms with van der Waals surface area (Å²) in [4.78, 5) is 4.37. The molecule has 0 spiro atoms. The molecule has 2 atom stereocenters. The Kier molecular flexibility index (Phi) is 4.57. The molecule has 0 aliphatic rings. The van der Waals surface area contributed by atoms with Gasteiger partial charge in [0.05, 0.1) is 0 Å². The average molecular weight is 280 g/mol. The second kappa shape index (κ2) is 6.18. The van der Waals surface area contributed by atoms with Gasteiger partial charge in [0.15, 0.2) is 0 Å². The average Bonchev–Trinajstić information content (AvgIpc) is 2.79. The van der Waals surface area contributed by atoms with Crippen molar-refractivity contribution in [1.29, 1.82) is 0 Å². The molecule has 0 saturated carbocycles. The summed E-state index contributed by atoms with van der Waals surface area (Å²) < 4.78 is 17.7. The minimum atomic E-state index is -0.230. The molecule has 4 nitrogen and oxygen atoms in total. The third-order valence-corrected chi connectivity index (χ3v) is 3.67. The molecule has 0 aliphatic heterocycles. The molecule has 1 aromatic carbocycles. The second-order valence-electron chi connectivity index (χ2n) is 4.60. The monoisotopic (exact) mass is 280 g/mol. The number of benzene rings is 1. The molecule has 102 valence electrons. The smallest absolute Gasteiger partial charge is 0.147 e. The zero-order valence-electron chi connectivity index (χ0n) is 10.7. The van der Waals surface area contributed by atoms with Crippen molar-refractivity contribution in [1.82, 2.24) is 9.36 Å². The highest BCUT2D eigenvalue weighted by Crippen LogP contribution is 2.14. The van der Waals surface area contributed by atoms with E-state index < -0.39 is 0 Å². The minimum Gasteiger partial charge on any atom is -0.327 e. The van der Waals surface area contributed by atoms with Crippen LogP contribution in [0.25, 0.3) is 0 Å². The summed E-state index contributed by atoms with van der Waals surface area (Å²) >= 11 is 1.30. The van der Waals surface area contributed by atoms with E-state index in [1.54, 1.807) is 18.2 Å². The number of aromatic nitrogens is 2. The van der Waals surface area contributed by atoms with E-state index in [0.717, 1.165) is 5.01 Å². The molecule has 0 radical (unpaired) electrons. The maximum absolute atomic E-state index is 13.5. The molecule has 1 aromatic heterocycles. The van der Waals surface area contributed by atoms with Crippen LogP contribution in [-0.4, -0.2) is 21.4 Å². The van der Waals surface area contributed by atoms with Crippen molar-refractivity contribution in [2.75, 3.05) is 0 Å². The molecule has 0 fully saturated rings. The van der Waals surface area contributed by atoms with E-state index >= 15 is 0 Å². The van der Waals surface area contributed by atoms with E-state index in [1.165, 1.54) is 17.6 Å². The van der Waals surface area contributed by atoms with Crippen LogP contribution in [0.3, 0.4) is 0 Å². The van der Waals surface area contributed by atoms with Gasteiger partial charge >= 0.3 is 0 Å². The first-order valence-electron chi connectivity index (χ1n) is 6.12. The largest absolute Gasteiger partial charge is 0.327 e. The molecule has 2 unspecified atom stereocenters. The van der Waals surface area contributed by atoms with Crippen molar-refractivity contribution in [2.24, 2.45) is 11.5 Å². The molecule has 0 bridgehead atoms.